The molecule has 2 aliphatic heterocycles. The Hall–Kier alpha value is -8.69. The van der Waals surface area contributed by atoms with Crippen molar-refractivity contribution in [3.8, 4) is 23.0 Å². The number of nitrogens with one attached hydrogen (secondary N) is 1. The first kappa shape index (κ1) is 73.1. The van der Waals surface area contributed by atoms with Gasteiger partial charge in [0.1, 0.15) is 72.7 Å². The number of carbonyl (C=O) groups is 3. The maximum atomic E-state index is 14.2. The number of nitrogens with two attached hydrogens (primary N) is 1. The number of aromatic nitrogens is 6. The summed E-state index contributed by atoms with van der Waals surface area (Å²) in [5.74, 6) is -0.515. The fourth-order valence-corrected chi connectivity index (χ4v) is 15.2. The summed E-state index contributed by atoms with van der Waals surface area (Å²) >= 11 is 0. The van der Waals surface area contributed by atoms with Crippen molar-refractivity contribution in [2.45, 2.75) is 154 Å². The average molecular weight is 1360 g/mol. The van der Waals surface area contributed by atoms with E-state index in [-0.39, 0.29) is 74.9 Å². The van der Waals surface area contributed by atoms with E-state index in [0.29, 0.717) is 71.0 Å². The van der Waals surface area contributed by atoms with Gasteiger partial charge in [-0.3, -0.25) is 9.59 Å². The van der Waals surface area contributed by atoms with E-state index in [1.807, 2.05) is 115 Å². The normalized spacial score (nSPS) is 16.6. The van der Waals surface area contributed by atoms with Crippen LogP contribution in [0, 0.1) is 13.8 Å². The Kier molecular flexibility index (Phi) is 23.6. The highest BCUT2D eigenvalue weighted by atomic mass is 32.2. The van der Waals surface area contributed by atoms with Crippen molar-refractivity contribution < 1.29 is 64.7 Å². The second-order valence-corrected chi connectivity index (χ2v) is 28.9. The number of sulfonamides is 2. The maximum Gasteiger partial charge on any atom is 0.407 e. The molecule has 4 heterocycles. The Morgan fingerprint density at radius 1 is 0.667 bits per heavy atom. The predicted molar refractivity (Wildman–Crippen MR) is 365 cm³/mol. The number of nitrogens with zero attached hydrogens (tertiary/aromatic N) is 8. The van der Waals surface area contributed by atoms with E-state index < -0.39 is 55.6 Å². The summed E-state index contributed by atoms with van der Waals surface area (Å²) in [6.45, 7) is 16.5. The second-order valence-electron chi connectivity index (χ2n) is 25.1. The molecule has 516 valence electrons. The largest absolute Gasteiger partial charge is 0.494 e. The molecule has 96 heavy (non-hydrogen) atoms. The van der Waals surface area contributed by atoms with Crippen LogP contribution in [0.1, 0.15) is 142 Å². The van der Waals surface area contributed by atoms with Crippen LogP contribution in [0.25, 0.3) is 22.1 Å². The summed E-state index contributed by atoms with van der Waals surface area (Å²) in [6.07, 6.45) is 1.39. The molecule has 24 nitrogen and oxygen atoms in total. The number of aryl methyl sites for hydroxylation is 6. The van der Waals surface area contributed by atoms with Gasteiger partial charge in [-0.15, -0.1) is 10.2 Å². The molecule has 0 saturated heterocycles. The molecule has 0 fully saturated rings. The molecule has 0 radical (unpaired) electrons. The van der Waals surface area contributed by atoms with E-state index in [4.69, 9.17) is 34.2 Å². The van der Waals surface area contributed by atoms with Gasteiger partial charge >= 0.3 is 18.0 Å². The number of carbonyl (C=O) groups excluding carboxylic acids is 2. The predicted octanol–water partition coefficient (Wildman–Crippen LogP) is 10.2. The fourth-order valence-electron chi connectivity index (χ4n) is 12.0. The number of hydrogen-bond acceptors (Lipinski definition) is 18. The molecule has 4 atom stereocenters. The highest BCUT2D eigenvalue weighted by Crippen LogP contribution is 2.40. The number of alkyl carbamates (subject to hydrolysis) is 1. The Bertz CT molecular complexity index is 4360. The van der Waals surface area contributed by atoms with E-state index in [2.05, 4.69) is 25.9 Å². The van der Waals surface area contributed by atoms with E-state index in [1.54, 1.807) is 74.9 Å². The minimum absolute atomic E-state index is 0. The molecule has 4 N–H and O–H groups in total. The van der Waals surface area contributed by atoms with E-state index in [9.17, 15) is 36.3 Å². The van der Waals surface area contributed by atoms with Gasteiger partial charge in [0.2, 0.25) is 20.0 Å². The molecule has 0 unspecified atom stereocenters. The molecule has 10 rings (SSSR count). The summed E-state index contributed by atoms with van der Waals surface area (Å²) in [6, 6.07) is 29.4. The number of esters is 1. The zero-order valence-corrected chi connectivity index (χ0v) is 57.6. The SMILES string of the molecule is C.CCOC(=O)C[C@@H](c1ccc(C)c(CN2C[C@@H](C)Oc3cc(CCCNC(=O)OC(C)(C)C)ccc3S2(=O)=O)c1)c1cc(OC)c2c(c1)nnn2C.COc1cc([C@@H](CC(=O)O)c2ccc(C)c(CN3C[C@@H](C)Oc4cc(CCCN)ccc4S3(=O)=O)c2)cc2nnn(C)c12. The Labute approximate surface area is 562 Å². The van der Waals surface area contributed by atoms with Crippen LogP contribution in [-0.2, 0) is 79.1 Å². The van der Waals surface area contributed by atoms with E-state index in [1.165, 1.54) is 8.61 Å². The zero-order chi connectivity index (χ0) is 68.7. The van der Waals surface area contributed by atoms with Crippen LogP contribution in [0.3, 0.4) is 0 Å². The highest BCUT2D eigenvalue weighted by molar-refractivity contribution is 7.89. The lowest BCUT2D eigenvalue weighted by Crippen LogP contribution is -2.35. The van der Waals surface area contributed by atoms with Gasteiger partial charge in [-0.2, -0.15) is 8.61 Å². The lowest BCUT2D eigenvalue weighted by Gasteiger charge is -2.24. The number of hydrogen-bond donors (Lipinski definition) is 3. The Morgan fingerprint density at radius 2 is 1.12 bits per heavy atom. The van der Waals surface area contributed by atoms with Crippen LogP contribution in [0.2, 0.25) is 0 Å². The maximum absolute atomic E-state index is 14.2. The summed E-state index contributed by atoms with van der Waals surface area (Å²) in [4.78, 5) is 37.2. The first-order valence-corrected chi connectivity index (χ1v) is 34.6. The van der Waals surface area contributed by atoms with Crippen LogP contribution in [0.5, 0.6) is 23.0 Å². The molecule has 0 aliphatic carbocycles. The molecule has 26 heteroatoms. The highest BCUT2D eigenvalue weighted by Gasteiger charge is 2.37. The molecule has 0 bridgehead atoms. The number of amides is 1. The van der Waals surface area contributed by atoms with Gasteiger partial charge in [0.05, 0.1) is 46.8 Å². The van der Waals surface area contributed by atoms with Gasteiger partial charge < -0.3 is 44.6 Å². The number of ether oxygens (including phenoxy) is 6. The monoisotopic (exact) mass is 1360 g/mol. The fraction of sp³-hybridized carbons (Fsp3) is 0.443. The van der Waals surface area contributed by atoms with Gasteiger partial charge in [-0.25, -0.2) is 31.0 Å². The quantitative estimate of drug-likeness (QED) is 0.0420. The van der Waals surface area contributed by atoms with Gasteiger partial charge in [0, 0.05) is 45.6 Å². The minimum Gasteiger partial charge on any atom is -0.494 e. The molecule has 1 amide bonds. The van der Waals surface area contributed by atoms with Crippen LogP contribution in [0.15, 0.2) is 107 Å². The molecular weight excluding hydrogens is 1270 g/mol. The lowest BCUT2D eigenvalue weighted by atomic mass is 9.86. The van der Waals surface area contributed by atoms with Crippen molar-refractivity contribution in [3.63, 3.8) is 0 Å². The third-order valence-corrected chi connectivity index (χ3v) is 20.4. The van der Waals surface area contributed by atoms with Crippen LogP contribution >= 0.6 is 0 Å². The summed E-state index contributed by atoms with van der Waals surface area (Å²) in [7, 11) is -1.16. The van der Waals surface area contributed by atoms with E-state index >= 15 is 0 Å². The molecule has 8 aromatic rings. The van der Waals surface area contributed by atoms with Crippen molar-refractivity contribution in [2.24, 2.45) is 19.8 Å². The van der Waals surface area contributed by atoms with Crippen molar-refractivity contribution >= 4 is 60.1 Å². The van der Waals surface area contributed by atoms with Gasteiger partial charge in [-0.1, -0.05) is 66.4 Å². The first-order valence-electron chi connectivity index (χ1n) is 31.7. The van der Waals surface area contributed by atoms with Gasteiger partial charge in [0.15, 0.2) is 0 Å². The van der Waals surface area contributed by atoms with Gasteiger partial charge in [0.25, 0.3) is 0 Å². The van der Waals surface area contributed by atoms with Crippen molar-refractivity contribution in [1.82, 2.24) is 43.9 Å². The third kappa shape index (κ3) is 17.1. The average Bonchev–Trinajstić information content (AvgIpc) is 1.44. The topological polar surface area (TPSA) is 301 Å². The van der Waals surface area contributed by atoms with Crippen molar-refractivity contribution in [1.29, 1.82) is 0 Å². The number of carboxylic acids is 1. The summed E-state index contributed by atoms with van der Waals surface area (Å²) in [5.41, 5.74) is 16.1. The zero-order valence-electron chi connectivity index (χ0n) is 56.0. The smallest absolute Gasteiger partial charge is 0.407 e. The Balaban J connectivity index is 0.000000247. The second kappa shape index (κ2) is 31.0. The third-order valence-electron chi connectivity index (χ3n) is 16.7. The summed E-state index contributed by atoms with van der Waals surface area (Å²) in [5, 5.41) is 29.3. The van der Waals surface area contributed by atoms with Crippen LogP contribution < -0.4 is 30.0 Å². The number of methoxy groups -OCH3 is 2. The van der Waals surface area contributed by atoms with E-state index in [0.717, 1.165) is 68.4 Å². The molecule has 0 spiro atoms. The van der Waals surface area contributed by atoms with Crippen molar-refractivity contribution in [3.05, 3.63) is 153 Å². The molecular formula is C70H90N10O14S2. The number of fused-ring (bicyclic) bond motifs is 4. The van der Waals surface area contributed by atoms with Crippen molar-refractivity contribution in [2.75, 3.05) is 47.0 Å². The summed E-state index contributed by atoms with van der Waals surface area (Å²) < 4.78 is 96.6. The molecule has 2 aliphatic rings. The lowest BCUT2D eigenvalue weighted by molar-refractivity contribution is -0.143. The molecule has 0 saturated carbocycles. The Morgan fingerprint density at radius 3 is 1.55 bits per heavy atom. The first-order chi connectivity index (χ1) is 45.1. The molecule has 2 aromatic heterocycles. The molecule has 6 aromatic carbocycles. The number of benzene rings is 6. The van der Waals surface area contributed by atoms with Gasteiger partial charge in [-0.05, 0) is 192 Å². The van der Waals surface area contributed by atoms with Crippen LogP contribution in [0.4, 0.5) is 4.79 Å². The number of rotatable bonds is 22. The standard InChI is InChI=1S/C38H49N5O8S.C31H37N5O6S.CH4/c1-9-49-35(44)21-30(28-19-31-36(33(20-28)48-8)42(7)41-40-31)27-14-12-24(2)29(18-27)23-43-22-25(3)50-32-17-26(13-15-34(32)52(43,46)47)11-10-16-39-37(45)51-38(4,5)6;1-19-7-9-22(25(16-30(37)38)23-14-26-31(28(15-23)41-4)35(3)34-33-26)13-24(19)18-36-17-20(2)42-27-12-21(6-5-11-32)8-10-29(27)43(36,39)40;/h12-15,17-20,25,30H,9-11,16,21-23H2,1-8H3,(H,39,45);7-10,12-15,20,25H,5-6,11,16-18,32H2,1-4H3,(H,37,38);1H4/t25-,30+;20-,25+;/m11./s1. The minimum atomic E-state index is -3.95. The number of carboxylic acid groups (broad SMARTS) is 1. The van der Waals surface area contributed by atoms with Crippen LogP contribution in [-0.4, -0.2) is 143 Å². The number of aliphatic carboxylic acids is 1.